The van der Waals surface area contributed by atoms with Gasteiger partial charge in [0.1, 0.15) is 0 Å². The van der Waals surface area contributed by atoms with Crippen molar-refractivity contribution in [3.05, 3.63) is 0 Å². The number of halogens is 2. The van der Waals surface area contributed by atoms with Crippen molar-refractivity contribution in [3.63, 3.8) is 0 Å². The summed E-state index contributed by atoms with van der Waals surface area (Å²) in [6.45, 7) is 0. The molecule has 0 bridgehead atoms. The summed E-state index contributed by atoms with van der Waals surface area (Å²) in [7, 11) is 0. The Bertz CT molecular complexity index is 51.3. The second-order valence-electron chi connectivity index (χ2n) is 4.24. The first kappa shape index (κ1) is 17.0. The molecule has 0 saturated heterocycles. The molecule has 0 radical (unpaired) electrons. The van der Waals surface area contributed by atoms with E-state index in [2.05, 4.69) is 0 Å². The first-order valence-corrected chi connectivity index (χ1v) is 6.00. The van der Waals surface area contributed by atoms with Crippen LogP contribution in [0.25, 0.3) is 0 Å². The Balaban J connectivity index is 0. The highest BCUT2D eigenvalue weighted by Crippen LogP contribution is 2.15. The molecule has 0 N–H and O–H groups in total. The molecule has 0 aromatic heterocycles. The smallest absolute Gasteiger partial charge is 0.0533 e. The van der Waals surface area contributed by atoms with Gasteiger partial charge < -0.3 is 0 Å². The summed E-state index contributed by atoms with van der Waals surface area (Å²) in [4.78, 5) is 0. The Hall–Kier alpha value is 0.580. The van der Waals surface area contributed by atoms with E-state index < -0.39 is 0 Å². The van der Waals surface area contributed by atoms with E-state index in [1.807, 2.05) is 0 Å². The summed E-state index contributed by atoms with van der Waals surface area (Å²) in [6, 6.07) is 0. The van der Waals surface area contributed by atoms with Gasteiger partial charge >= 0.3 is 0 Å². The first-order chi connectivity index (χ1) is 6.00. The highest BCUT2D eigenvalue weighted by atomic mass is 35.5. The highest BCUT2D eigenvalue weighted by molar-refractivity contribution is 5.85. The topological polar surface area (TPSA) is 0 Å². The molecular formula is C12H26Cl2. The minimum atomic E-state index is 0. The van der Waals surface area contributed by atoms with Crippen LogP contribution in [0.4, 0.5) is 0 Å². The van der Waals surface area contributed by atoms with Crippen molar-refractivity contribution in [2.24, 2.45) is 0 Å². The Kier molecular flexibility index (Phi) is 16.5. The van der Waals surface area contributed by atoms with Gasteiger partial charge in [0.05, 0.1) is 0 Å². The van der Waals surface area contributed by atoms with Crippen LogP contribution in [0.15, 0.2) is 0 Å². The summed E-state index contributed by atoms with van der Waals surface area (Å²) < 4.78 is 0. The lowest BCUT2D eigenvalue weighted by molar-refractivity contribution is 0.504. The van der Waals surface area contributed by atoms with Crippen LogP contribution in [-0.2, 0) is 0 Å². The first-order valence-electron chi connectivity index (χ1n) is 6.00. The maximum absolute atomic E-state index is 1.50. The molecule has 0 atom stereocenters. The van der Waals surface area contributed by atoms with Gasteiger partial charge in [0, 0.05) is 0 Å². The van der Waals surface area contributed by atoms with Crippen LogP contribution in [0.3, 0.4) is 0 Å². The van der Waals surface area contributed by atoms with Gasteiger partial charge in [-0.2, -0.15) is 0 Å². The quantitative estimate of drug-likeness (QED) is 0.523. The third-order valence-electron chi connectivity index (χ3n) is 3.00. The molecule has 0 aliphatic heterocycles. The maximum atomic E-state index is 1.50. The molecule has 0 nitrogen and oxygen atoms in total. The van der Waals surface area contributed by atoms with Crippen LogP contribution in [0.2, 0.25) is 0 Å². The van der Waals surface area contributed by atoms with Crippen molar-refractivity contribution >= 4 is 24.8 Å². The van der Waals surface area contributed by atoms with Crippen LogP contribution in [-0.4, -0.2) is 0 Å². The van der Waals surface area contributed by atoms with Gasteiger partial charge in [-0.05, 0) is 0 Å². The monoisotopic (exact) mass is 240 g/mol. The van der Waals surface area contributed by atoms with Crippen molar-refractivity contribution in [2.75, 3.05) is 0 Å². The predicted molar refractivity (Wildman–Crippen MR) is 69.9 cm³/mol. The zero-order valence-corrected chi connectivity index (χ0v) is 10.9. The van der Waals surface area contributed by atoms with E-state index in [1.165, 1.54) is 77.0 Å². The Morgan fingerprint density at radius 2 is 0.286 bits per heavy atom. The lowest BCUT2D eigenvalue weighted by Crippen LogP contribution is -1.85. The van der Waals surface area contributed by atoms with E-state index in [0.717, 1.165) is 0 Å². The average Bonchev–Trinajstić information content (AvgIpc) is 2.05. The minimum Gasteiger partial charge on any atom is -0.147 e. The SMILES string of the molecule is C1CCCCCCCCCCC1.Cl.Cl. The normalized spacial score (nSPS) is 20.6. The van der Waals surface area contributed by atoms with Gasteiger partial charge in [0.25, 0.3) is 0 Å². The second-order valence-corrected chi connectivity index (χ2v) is 4.24. The van der Waals surface area contributed by atoms with Crippen molar-refractivity contribution in [1.82, 2.24) is 0 Å². The van der Waals surface area contributed by atoms with Crippen LogP contribution in [0.5, 0.6) is 0 Å². The molecule has 0 unspecified atom stereocenters. The summed E-state index contributed by atoms with van der Waals surface area (Å²) in [5, 5.41) is 0. The molecule has 1 saturated carbocycles. The molecule has 88 valence electrons. The zero-order chi connectivity index (χ0) is 8.49. The Labute approximate surface area is 102 Å². The molecule has 0 amide bonds. The Morgan fingerprint density at radius 1 is 0.214 bits per heavy atom. The van der Waals surface area contributed by atoms with Gasteiger partial charge in [0.15, 0.2) is 0 Å². The van der Waals surface area contributed by atoms with Crippen molar-refractivity contribution in [3.8, 4) is 0 Å². The molecule has 1 aliphatic rings. The standard InChI is InChI=1S/C12H24.2ClH/c1-2-4-6-8-10-12-11-9-7-5-3-1;;/h1-12H2;2*1H. The van der Waals surface area contributed by atoms with Gasteiger partial charge in [-0.15, -0.1) is 24.8 Å². The molecule has 14 heavy (non-hydrogen) atoms. The molecular weight excluding hydrogens is 215 g/mol. The minimum absolute atomic E-state index is 0. The summed E-state index contributed by atoms with van der Waals surface area (Å²) in [5.74, 6) is 0. The van der Waals surface area contributed by atoms with E-state index in [0.29, 0.717) is 0 Å². The van der Waals surface area contributed by atoms with Gasteiger partial charge in [-0.25, -0.2) is 0 Å². The molecule has 1 rings (SSSR count). The van der Waals surface area contributed by atoms with Crippen molar-refractivity contribution in [1.29, 1.82) is 0 Å². The molecule has 1 fully saturated rings. The number of hydrogen-bond donors (Lipinski definition) is 0. The molecule has 0 aromatic carbocycles. The van der Waals surface area contributed by atoms with E-state index >= 15 is 0 Å². The van der Waals surface area contributed by atoms with E-state index in [-0.39, 0.29) is 24.8 Å². The zero-order valence-electron chi connectivity index (χ0n) is 9.30. The van der Waals surface area contributed by atoms with E-state index in [9.17, 15) is 0 Å². The average molecular weight is 241 g/mol. The fourth-order valence-electron chi connectivity index (χ4n) is 2.12. The van der Waals surface area contributed by atoms with Gasteiger partial charge in [-0.3, -0.25) is 0 Å². The third kappa shape index (κ3) is 10.7. The fraction of sp³-hybridized carbons (Fsp3) is 1.00. The maximum Gasteiger partial charge on any atom is -0.0533 e. The molecule has 1 aliphatic carbocycles. The summed E-state index contributed by atoms with van der Waals surface area (Å²) in [5.41, 5.74) is 0. The van der Waals surface area contributed by atoms with E-state index in [1.54, 1.807) is 0 Å². The number of rotatable bonds is 0. The predicted octanol–water partition coefficient (Wildman–Crippen LogP) is 5.52. The number of hydrogen-bond acceptors (Lipinski definition) is 0. The fourth-order valence-corrected chi connectivity index (χ4v) is 2.12. The van der Waals surface area contributed by atoms with Crippen LogP contribution in [0.1, 0.15) is 77.0 Å². The molecule has 0 heterocycles. The Morgan fingerprint density at radius 3 is 0.357 bits per heavy atom. The lowest BCUT2D eigenvalue weighted by Gasteiger charge is -2.05. The van der Waals surface area contributed by atoms with Crippen molar-refractivity contribution in [2.45, 2.75) is 77.0 Å². The molecule has 0 aromatic rings. The van der Waals surface area contributed by atoms with Crippen LogP contribution < -0.4 is 0 Å². The van der Waals surface area contributed by atoms with Crippen molar-refractivity contribution < 1.29 is 0 Å². The van der Waals surface area contributed by atoms with Gasteiger partial charge in [0.2, 0.25) is 0 Å². The highest BCUT2D eigenvalue weighted by Gasteiger charge is 1.96. The van der Waals surface area contributed by atoms with E-state index in [4.69, 9.17) is 0 Å². The largest absolute Gasteiger partial charge is 0.147 e. The third-order valence-corrected chi connectivity index (χ3v) is 3.00. The van der Waals surface area contributed by atoms with Crippen LogP contribution >= 0.6 is 24.8 Å². The summed E-state index contributed by atoms with van der Waals surface area (Å²) >= 11 is 0. The van der Waals surface area contributed by atoms with Crippen LogP contribution in [0, 0.1) is 0 Å². The molecule has 2 heteroatoms. The summed E-state index contributed by atoms with van der Waals surface area (Å²) in [6.07, 6.45) is 18.0. The second kappa shape index (κ2) is 13.6. The molecule has 0 spiro atoms. The van der Waals surface area contributed by atoms with Gasteiger partial charge in [-0.1, -0.05) is 77.0 Å². The lowest BCUT2D eigenvalue weighted by atomic mass is 10.0.